The highest BCUT2D eigenvalue weighted by Crippen LogP contribution is 2.33. The first kappa shape index (κ1) is 19.8. The molecule has 4 rings (SSSR count). The first-order chi connectivity index (χ1) is 14.4. The van der Waals surface area contributed by atoms with Crippen LogP contribution in [0.15, 0.2) is 60.3 Å². The number of amides is 2. The van der Waals surface area contributed by atoms with Gasteiger partial charge in [-0.2, -0.15) is 5.10 Å². The molecule has 1 atom stereocenters. The molecule has 0 spiro atoms. The topological polar surface area (TPSA) is 86.9 Å². The van der Waals surface area contributed by atoms with E-state index in [9.17, 15) is 14.0 Å². The van der Waals surface area contributed by atoms with Crippen LogP contribution in [0.25, 0.3) is 11.3 Å². The van der Waals surface area contributed by atoms with Gasteiger partial charge in [-0.3, -0.25) is 14.7 Å². The van der Waals surface area contributed by atoms with Crippen molar-refractivity contribution in [3.63, 3.8) is 0 Å². The maximum atomic E-state index is 13.3. The molecule has 152 valence electrons. The molecule has 0 aliphatic carbocycles. The molecule has 0 unspecified atom stereocenters. The van der Waals surface area contributed by atoms with Crippen molar-refractivity contribution in [1.29, 1.82) is 0 Å². The number of H-pyrrole nitrogens is 1. The fraction of sp³-hybridized carbons (Fsp3) is 0.136. The van der Waals surface area contributed by atoms with Gasteiger partial charge >= 0.3 is 0 Å². The predicted octanol–water partition coefficient (Wildman–Crippen LogP) is 4.30. The quantitative estimate of drug-likeness (QED) is 0.583. The minimum Gasteiger partial charge on any atom is -0.332 e. The zero-order valence-corrected chi connectivity index (χ0v) is 16.8. The number of hydrogen-bond donors (Lipinski definition) is 3. The molecule has 3 N–H and O–H groups in total. The number of aryl methyl sites for hydroxylation is 1. The Labute approximate surface area is 177 Å². The van der Waals surface area contributed by atoms with E-state index in [2.05, 4.69) is 20.8 Å². The Morgan fingerprint density at radius 2 is 1.97 bits per heavy atom. The summed E-state index contributed by atoms with van der Waals surface area (Å²) in [5, 5.41) is 12.9. The number of rotatable bonds is 4. The number of carbonyl (C=O) groups excluding carboxylic acids is 2. The lowest BCUT2D eigenvalue weighted by Crippen LogP contribution is -2.32. The van der Waals surface area contributed by atoms with E-state index < -0.39 is 11.8 Å². The minimum atomic E-state index is -0.490. The molecule has 30 heavy (non-hydrogen) atoms. The van der Waals surface area contributed by atoms with Crippen molar-refractivity contribution in [2.75, 3.05) is 5.32 Å². The molecule has 0 saturated carbocycles. The number of halogens is 2. The van der Waals surface area contributed by atoms with Gasteiger partial charge in [-0.15, -0.1) is 0 Å². The summed E-state index contributed by atoms with van der Waals surface area (Å²) in [6.45, 7) is 1.90. The highest BCUT2D eigenvalue weighted by Gasteiger charge is 2.29. The maximum Gasteiger partial charge on any atom is 0.253 e. The second kappa shape index (κ2) is 8.12. The Hall–Kier alpha value is -3.45. The van der Waals surface area contributed by atoms with Crippen molar-refractivity contribution in [3.05, 3.63) is 82.4 Å². The number of hydrogen-bond acceptors (Lipinski definition) is 3. The molecule has 0 bridgehead atoms. The van der Waals surface area contributed by atoms with E-state index in [1.165, 1.54) is 18.3 Å². The number of nitrogens with zero attached hydrogens (tertiary/aromatic N) is 1. The number of aromatic amines is 1. The van der Waals surface area contributed by atoms with E-state index in [0.29, 0.717) is 21.8 Å². The molecule has 8 heteroatoms. The SMILES string of the molecule is Cc1cc(-c2ccc(Cl)c(NC(=O)C3=CNC(=O)C[C@H]3c3ccc(F)cc3)c2)n[nH]1. The molecule has 0 fully saturated rings. The van der Waals surface area contributed by atoms with Crippen LogP contribution in [0.1, 0.15) is 23.6 Å². The van der Waals surface area contributed by atoms with Crippen LogP contribution < -0.4 is 10.6 Å². The maximum absolute atomic E-state index is 13.3. The first-order valence-corrected chi connectivity index (χ1v) is 9.66. The molecule has 3 aromatic rings. The summed E-state index contributed by atoms with van der Waals surface area (Å²) in [4.78, 5) is 24.9. The fourth-order valence-electron chi connectivity index (χ4n) is 3.37. The summed E-state index contributed by atoms with van der Waals surface area (Å²) in [6, 6.07) is 12.9. The van der Waals surface area contributed by atoms with Crippen molar-refractivity contribution < 1.29 is 14.0 Å². The molecule has 0 saturated heterocycles. The lowest BCUT2D eigenvalue weighted by molar-refractivity contribution is -0.121. The third kappa shape index (κ3) is 4.11. The second-order valence-corrected chi connectivity index (χ2v) is 7.47. The molecule has 1 aromatic heterocycles. The van der Waals surface area contributed by atoms with Crippen molar-refractivity contribution in [1.82, 2.24) is 15.5 Å². The molecule has 2 heterocycles. The van der Waals surface area contributed by atoms with Gasteiger partial charge in [0, 0.05) is 35.4 Å². The average Bonchev–Trinajstić information content (AvgIpc) is 3.16. The predicted molar refractivity (Wildman–Crippen MR) is 112 cm³/mol. The van der Waals surface area contributed by atoms with Crippen LogP contribution in [0.3, 0.4) is 0 Å². The Balaban J connectivity index is 1.62. The zero-order valence-electron chi connectivity index (χ0n) is 16.0. The smallest absolute Gasteiger partial charge is 0.253 e. The summed E-state index contributed by atoms with van der Waals surface area (Å²) < 4.78 is 13.3. The van der Waals surface area contributed by atoms with Crippen LogP contribution in [-0.2, 0) is 9.59 Å². The van der Waals surface area contributed by atoms with Crippen LogP contribution in [-0.4, -0.2) is 22.0 Å². The molecule has 1 aliphatic rings. The number of carbonyl (C=O) groups is 2. The molecule has 2 aromatic carbocycles. The van der Waals surface area contributed by atoms with Gasteiger partial charge in [0.05, 0.1) is 16.4 Å². The number of benzene rings is 2. The Morgan fingerprint density at radius 3 is 2.67 bits per heavy atom. The van der Waals surface area contributed by atoms with Crippen LogP contribution in [0.5, 0.6) is 0 Å². The molecule has 2 amide bonds. The summed E-state index contributed by atoms with van der Waals surface area (Å²) in [5.41, 5.74) is 3.90. The Bertz CT molecular complexity index is 1150. The van der Waals surface area contributed by atoms with Gasteiger partial charge in [0.15, 0.2) is 0 Å². The van der Waals surface area contributed by atoms with Gasteiger partial charge in [0.2, 0.25) is 5.91 Å². The summed E-state index contributed by atoms with van der Waals surface area (Å²) in [5.74, 6) is -1.49. The van der Waals surface area contributed by atoms with Crippen LogP contribution in [0.2, 0.25) is 5.02 Å². The van der Waals surface area contributed by atoms with Gasteiger partial charge in [-0.05, 0) is 42.8 Å². The minimum absolute atomic E-state index is 0.0885. The highest BCUT2D eigenvalue weighted by atomic mass is 35.5. The van der Waals surface area contributed by atoms with Crippen LogP contribution >= 0.6 is 11.6 Å². The van der Waals surface area contributed by atoms with Crippen LogP contribution in [0, 0.1) is 12.7 Å². The fourth-order valence-corrected chi connectivity index (χ4v) is 3.53. The summed E-state index contributed by atoms with van der Waals surface area (Å²) in [7, 11) is 0. The van der Waals surface area contributed by atoms with Gasteiger partial charge in [-0.25, -0.2) is 4.39 Å². The van der Waals surface area contributed by atoms with Crippen LogP contribution in [0.4, 0.5) is 10.1 Å². The van der Waals surface area contributed by atoms with E-state index >= 15 is 0 Å². The standard InChI is InChI=1S/C22H18ClFN4O2/c1-12-8-19(28-27-12)14-4-7-18(23)20(9-14)26-22(30)17-11-25-21(29)10-16(17)13-2-5-15(24)6-3-13/h2-9,11,16H,10H2,1H3,(H,25,29)(H,26,30)(H,27,28)/t16-/m0/s1. The van der Waals surface area contributed by atoms with Crippen molar-refractivity contribution in [2.24, 2.45) is 0 Å². The second-order valence-electron chi connectivity index (χ2n) is 7.06. The van der Waals surface area contributed by atoms with E-state index in [0.717, 1.165) is 17.0 Å². The Kier molecular flexibility index (Phi) is 5.37. The van der Waals surface area contributed by atoms with E-state index in [1.54, 1.807) is 24.3 Å². The number of nitrogens with one attached hydrogen (secondary N) is 3. The zero-order chi connectivity index (χ0) is 21.3. The average molecular weight is 425 g/mol. The van der Waals surface area contributed by atoms with E-state index in [-0.39, 0.29) is 18.1 Å². The van der Waals surface area contributed by atoms with E-state index in [4.69, 9.17) is 11.6 Å². The van der Waals surface area contributed by atoms with Gasteiger partial charge < -0.3 is 10.6 Å². The van der Waals surface area contributed by atoms with E-state index in [1.807, 2.05) is 19.1 Å². The molecule has 1 aliphatic heterocycles. The van der Waals surface area contributed by atoms with Gasteiger partial charge in [0.1, 0.15) is 5.82 Å². The lowest BCUT2D eigenvalue weighted by atomic mass is 9.86. The summed E-state index contributed by atoms with van der Waals surface area (Å²) in [6.07, 6.45) is 1.48. The van der Waals surface area contributed by atoms with Gasteiger partial charge in [0.25, 0.3) is 5.91 Å². The third-order valence-corrected chi connectivity index (χ3v) is 5.23. The monoisotopic (exact) mass is 424 g/mol. The Morgan fingerprint density at radius 1 is 1.20 bits per heavy atom. The molecular weight excluding hydrogens is 407 g/mol. The first-order valence-electron chi connectivity index (χ1n) is 9.29. The molecule has 0 radical (unpaired) electrons. The third-order valence-electron chi connectivity index (χ3n) is 4.90. The number of aromatic nitrogens is 2. The van der Waals surface area contributed by atoms with Crippen molar-refractivity contribution in [3.8, 4) is 11.3 Å². The molecule has 6 nitrogen and oxygen atoms in total. The highest BCUT2D eigenvalue weighted by molar-refractivity contribution is 6.34. The molecular formula is C22H18ClFN4O2. The van der Waals surface area contributed by atoms with Crippen molar-refractivity contribution >= 4 is 29.1 Å². The lowest BCUT2D eigenvalue weighted by Gasteiger charge is -2.24. The van der Waals surface area contributed by atoms with Crippen molar-refractivity contribution in [2.45, 2.75) is 19.3 Å². The number of anilines is 1. The van der Waals surface area contributed by atoms with Gasteiger partial charge in [-0.1, -0.05) is 29.8 Å². The summed E-state index contributed by atoms with van der Waals surface area (Å²) >= 11 is 6.29. The normalized spacial score (nSPS) is 16.0. The largest absolute Gasteiger partial charge is 0.332 e.